The van der Waals surface area contributed by atoms with Gasteiger partial charge in [0.2, 0.25) is 0 Å². The Balaban J connectivity index is 1.77. The average molecular weight is 316 g/mol. The summed E-state index contributed by atoms with van der Waals surface area (Å²) in [6, 6.07) is 5.92. The van der Waals surface area contributed by atoms with E-state index < -0.39 is 0 Å². The maximum absolute atomic E-state index is 10.6. The van der Waals surface area contributed by atoms with Crippen molar-refractivity contribution in [3.05, 3.63) is 29.3 Å². The van der Waals surface area contributed by atoms with Crippen LogP contribution < -0.4 is 0 Å². The molecule has 2 N–H and O–H groups in total. The highest BCUT2D eigenvalue weighted by Crippen LogP contribution is 2.62. The minimum atomic E-state index is -0.158. The van der Waals surface area contributed by atoms with Gasteiger partial charge in [0.1, 0.15) is 5.75 Å². The second-order valence-corrected chi connectivity index (χ2v) is 8.24. The molecule has 3 heteroatoms. The van der Waals surface area contributed by atoms with Gasteiger partial charge in [-0.2, -0.15) is 0 Å². The number of phenols is 1. The Hall–Kier alpha value is -1.06. The van der Waals surface area contributed by atoms with Crippen LogP contribution in [-0.4, -0.2) is 30.0 Å². The van der Waals surface area contributed by atoms with Crippen molar-refractivity contribution < 1.29 is 14.9 Å². The van der Waals surface area contributed by atoms with Crippen LogP contribution in [0, 0.1) is 23.2 Å². The maximum atomic E-state index is 10.6. The summed E-state index contributed by atoms with van der Waals surface area (Å²) in [5.41, 5.74) is 2.79. The summed E-state index contributed by atoms with van der Waals surface area (Å²) in [6.07, 6.45) is 5.22. The first-order valence-corrected chi connectivity index (χ1v) is 9.03. The molecule has 0 saturated heterocycles. The van der Waals surface area contributed by atoms with Crippen molar-refractivity contribution in [1.82, 2.24) is 0 Å². The fraction of sp³-hybridized carbons (Fsp3) is 0.700. The van der Waals surface area contributed by atoms with E-state index in [1.54, 1.807) is 7.11 Å². The molecule has 0 spiro atoms. The Morgan fingerprint density at radius 1 is 1.26 bits per heavy atom. The lowest BCUT2D eigenvalue weighted by Gasteiger charge is -2.53. The molecule has 126 valence electrons. The third-order valence-corrected chi connectivity index (χ3v) is 7.16. The summed E-state index contributed by atoms with van der Waals surface area (Å²) in [5.74, 6) is 2.62. The van der Waals surface area contributed by atoms with Gasteiger partial charge in [-0.3, -0.25) is 0 Å². The van der Waals surface area contributed by atoms with E-state index in [4.69, 9.17) is 4.74 Å². The molecule has 3 aliphatic rings. The zero-order valence-corrected chi connectivity index (χ0v) is 14.2. The molecule has 3 aliphatic carbocycles. The maximum Gasteiger partial charge on any atom is 0.115 e. The van der Waals surface area contributed by atoms with Crippen LogP contribution in [0.2, 0.25) is 0 Å². The number of aliphatic hydroxyl groups is 1. The summed E-state index contributed by atoms with van der Waals surface area (Å²) in [4.78, 5) is 0. The van der Waals surface area contributed by atoms with E-state index in [1.807, 2.05) is 12.1 Å². The average Bonchev–Trinajstić information content (AvgIpc) is 2.82. The molecule has 0 bridgehead atoms. The van der Waals surface area contributed by atoms with Gasteiger partial charge >= 0.3 is 0 Å². The van der Waals surface area contributed by atoms with Gasteiger partial charge in [-0.1, -0.05) is 13.0 Å². The number of hydrogen-bond donors (Lipinski definition) is 2. The molecule has 6 atom stereocenters. The molecule has 1 unspecified atom stereocenters. The van der Waals surface area contributed by atoms with E-state index in [-0.39, 0.29) is 11.5 Å². The van der Waals surface area contributed by atoms with Gasteiger partial charge in [-0.15, -0.1) is 0 Å². The fourth-order valence-corrected chi connectivity index (χ4v) is 6.22. The number of rotatable bonds is 2. The zero-order chi connectivity index (χ0) is 16.2. The van der Waals surface area contributed by atoms with Crippen LogP contribution in [0.3, 0.4) is 0 Å². The lowest BCUT2D eigenvalue weighted by atomic mass is 9.52. The monoisotopic (exact) mass is 316 g/mol. The Kier molecular flexibility index (Phi) is 3.69. The van der Waals surface area contributed by atoms with Crippen molar-refractivity contribution in [3.63, 3.8) is 0 Å². The second kappa shape index (κ2) is 5.49. The largest absolute Gasteiger partial charge is 0.508 e. The van der Waals surface area contributed by atoms with Crippen LogP contribution in [-0.2, 0) is 11.2 Å². The lowest BCUT2D eigenvalue weighted by Crippen LogP contribution is -2.48. The van der Waals surface area contributed by atoms with Crippen LogP contribution in [0.4, 0.5) is 0 Å². The van der Waals surface area contributed by atoms with Gasteiger partial charge < -0.3 is 14.9 Å². The lowest BCUT2D eigenvalue weighted by molar-refractivity contribution is -0.0628. The van der Waals surface area contributed by atoms with Crippen molar-refractivity contribution in [3.8, 4) is 5.75 Å². The van der Waals surface area contributed by atoms with Crippen molar-refractivity contribution in [2.24, 2.45) is 23.2 Å². The summed E-state index contributed by atoms with van der Waals surface area (Å²) in [6.45, 7) is 3.07. The molecule has 0 radical (unpaired) electrons. The van der Waals surface area contributed by atoms with Crippen LogP contribution in [0.25, 0.3) is 0 Å². The quantitative estimate of drug-likeness (QED) is 0.878. The number of phenolic OH excluding ortho intramolecular Hbond substituents is 1. The number of ether oxygens (including phenoxy) is 1. The third kappa shape index (κ3) is 2.24. The zero-order valence-electron chi connectivity index (χ0n) is 14.2. The molecule has 3 nitrogen and oxygen atoms in total. The van der Waals surface area contributed by atoms with Crippen LogP contribution in [0.1, 0.15) is 49.7 Å². The van der Waals surface area contributed by atoms with E-state index in [2.05, 4.69) is 13.0 Å². The van der Waals surface area contributed by atoms with Crippen LogP contribution in [0.5, 0.6) is 5.75 Å². The minimum Gasteiger partial charge on any atom is -0.508 e. The Morgan fingerprint density at radius 3 is 2.87 bits per heavy atom. The van der Waals surface area contributed by atoms with E-state index in [0.717, 1.165) is 32.3 Å². The predicted molar refractivity (Wildman–Crippen MR) is 89.5 cm³/mol. The number of methoxy groups -OCH3 is 1. The molecule has 4 rings (SSSR count). The van der Waals surface area contributed by atoms with E-state index in [0.29, 0.717) is 29.4 Å². The predicted octanol–water partition coefficient (Wildman–Crippen LogP) is 3.48. The molecule has 0 aliphatic heterocycles. The minimum absolute atomic E-state index is 0.0544. The van der Waals surface area contributed by atoms with Gasteiger partial charge in [0.25, 0.3) is 0 Å². The molecule has 1 aromatic carbocycles. The van der Waals surface area contributed by atoms with Crippen molar-refractivity contribution >= 4 is 0 Å². The van der Waals surface area contributed by atoms with Crippen molar-refractivity contribution in [1.29, 1.82) is 0 Å². The highest BCUT2D eigenvalue weighted by Gasteiger charge is 2.57. The number of hydrogen-bond acceptors (Lipinski definition) is 3. The third-order valence-electron chi connectivity index (χ3n) is 7.16. The number of aryl methyl sites for hydroxylation is 1. The van der Waals surface area contributed by atoms with Gasteiger partial charge in [0, 0.05) is 13.7 Å². The summed E-state index contributed by atoms with van der Waals surface area (Å²) in [5, 5.41) is 20.4. The molecule has 2 saturated carbocycles. The molecular weight excluding hydrogens is 288 g/mol. The Bertz CT molecular complexity index is 599. The molecule has 23 heavy (non-hydrogen) atoms. The highest BCUT2D eigenvalue weighted by atomic mass is 16.5. The van der Waals surface area contributed by atoms with E-state index in [9.17, 15) is 10.2 Å². The first-order chi connectivity index (χ1) is 11.0. The molecule has 0 heterocycles. The number of aromatic hydroxyl groups is 1. The second-order valence-electron chi connectivity index (χ2n) is 8.24. The van der Waals surface area contributed by atoms with Crippen LogP contribution in [0.15, 0.2) is 18.2 Å². The molecule has 1 aromatic rings. The smallest absolute Gasteiger partial charge is 0.115 e. The molecule has 0 amide bonds. The molecule has 2 fully saturated rings. The highest BCUT2D eigenvalue weighted by molar-refractivity contribution is 5.40. The summed E-state index contributed by atoms with van der Waals surface area (Å²) < 4.78 is 5.57. The van der Waals surface area contributed by atoms with E-state index in [1.165, 1.54) is 17.5 Å². The Labute approximate surface area is 138 Å². The summed E-state index contributed by atoms with van der Waals surface area (Å²) in [7, 11) is 1.79. The first-order valence-electron chi connectivity index (χ1n) is 9.03. The summed E-state index contributed by atoms with van der Waals surface area (Å²) >= 11 is 0. The van der Waals surface area contributed by atoms with Gasteiger partial charge in [-0.05, 0) is 84.5 Å². The topological polar surface area (TPSA) is 49.7 Å². The van der Waals surface area contributed by atoms with Crippen LogP contribution >= 0.6 is 0 Å². The SMILES string of the molecule is COC[C@H]1C[C@]2(C)C(O)CC[C@H]2[C@@H]2CCc3cc(O)ccc3[C@@H]12. The fourth-order valence-electron chi connectivity index (χ4n) is 6.22. The van der Waals surface area contributed by atoms with Gasteiger partial charge in [0.05, 0.1) is 6.10 Å². The first kappa shape index (κ1) is 15.5. The number of benzene rings is 1. The van der Waals surface area contributed by atoms with Gasteiger partial charge in [0.15, 0.2) is 0 Å². The Morgan fingerprint density at radius 2 is 2.09 bits per heavy atom. The van der Waals surface area contributed by atoms with Crippen molar-refractivity contribution in [2.45, 2.75) is 51.0 Å². The standard InChI is InChI=1S/C20H28O3/c1-20-10-13(11-23-2)19-15-6-4-14(21)9-12(15)3-5-16(19)17(20)7-8-18(20)22/h4,6,9,13,16-19,21-22H,3,5,7-8,10-11H2,1-2H3/t13-,16+,17+,18?,19-,20+/m1/s1. The van der Waals surface area contributed by atoms with Gasteiger partial charge in [-0.25, -0.2) is 0 Å². The molecular formula is C20H28O3. The van der Waals surface area contributed by atoms with Crippen molar-refractivity contribution in [2.75, 3.05) is 13.7 Å². The normalized spacial score (nSPS) is 42.0. The molecule has 0 aromatic heterocycles. The number of aliphatic hydroxyl groups excluding tert-OH is 1. The number of fused-ring (bicyclic) bond motifs is 5. The van der Waals surface area contributed by atoms with E-state index >= 15 is 0 Å².